The van der Waals surface area contributed by atoms with Crippen LogP contribution < -0.4 is 10.3 Å². The van der Waals surface area contributed by atoms with Gasteiger partial charge in [-0.2, -0.15) is 0 Å². The molecule has 0 aliphatic heterocycles. The zero-order valence-electron chi connectivity index (χ0n) is 14.6. The Morgan fingerprint density at radius 1 is 1.23 bits per heavy atom. The third-order valence-electron chi connectivity index (χ3n) is 3.88. The van der Waals surface area contributed by atoms with Gasteiger partial charge in [-0.3, -0.25) is 9.79 Å². The van der Waals surface area contributed by atoms with E-state index in [4.69, 9.17) is 4.74 Å². The van der Waals surface area contributed by atoms with Crippen LogP contribution in [0.3, 0.4) is 0 Å². The molecular formula is C20H19N3O3. The molecule has 6 nitrogen and oxygen atoms in total. The number of ether oxygens (including phenoxy) is 1. The van der Waals surface area contributed by atoms with Crippen LogP contribution in [-0.2, 0) is 6.42 Å². The van der Waals surface area contributed by atoms with Crippen LogP contribution in [0.25, 0.3) is 11.4 Å². The summed E-state index contributed by atoms with van der Waals surface area (Å²) in [5.74, 6) is 0.938. The highest BCUT2D eigenvalue weighted by atomic mass is 16.5. The van der Waals surface area contributed by atoms with E-state index in [1.165, 1.54) is 13.2 Å². The summed E-state index contributed by atoms with van der Waals surface area (Å²) in [6.45, 7) is 1.95. The van der Waals surface area contributed by atoms with E-state index >= 15 is 0 Å². The van der Waals surface area contributed by atoms with E-state index in [0.717, 1.165) is 11.3 Å². The second kappa shape index (κ2) is 7.65. The molecule has 132 valence electrons. The van der Waals surface area contributed by atoms with E-state index in [1.807, 2.05) is 31.2 Å². The van der Waals surface area contributed by atoms with E-state index in [0.29, 0.717) is 29.2 Å². The van der Waals surface area contributed by atoms with Crippen molar-refractivity contribution >= 4 is 11.9 Å². The molecule has 1 heterocycles. The van der Waals surface area contributed by atoms with Crippen LogP contribution in [0.1, 0.15) is 18.2 Å². The van der Waals surface area contributed by atoms with E-state index in [-0.39, 0.29) is 11.3 Å². The minimum atomic E-state index is -0.179. The van der Waals surface area contributed by atoms with Crippen molar-refractivity contribution in [2.75, 3.05) is 7.11 Å². The summed E-state index contributed by atoms with van der Waals surface area (Å²) >= 11 is 0. The number of methoxy groups -OCH3 is 1. The topological polar surface area (TPSA) is 87.6 Å². The number of aromatic hydroxyl groups is 1. The number of nitrogens with one attached hydrogen (secondary N) is 1. The number of hydrogen-bond donors (Lipinski definition) is 2. The molecule has 0 amide bonds. The molecule has 0 saturated carbocycles. The highest BCUT2D eigenvalue weighted by Gasteiger charge is 2.06. The SMILES string of the molecule is CCc1cc(=O)[nH]c(-c2cccc(N=Cc3cccc(OC)c3O)c2)n1. The number of phenolic OH excluding ortho intramolecular Hbond substituents is 1. The zero-order chi connectivity index (χ0) is 18.5. The summed E-state index contributed by atoms with van der Waals surface area (Å²) in [6.07, 6.45) is 2.25. The maximum absolute atomic E-state index is 11.8. The molecule has 2 N–H and O–H groups in total. The fraction of sp³-hybridized carbons (Fsp3) is 0.150. The van der Waals surface area contributed by atoms with Crippen molar-refractivity contribution in [3.05, 3.63) is 70.1 Å². The number of benzene rings is 2. The lowest BCUT2D eigenvalue weighted by Gasteiger charge is -2.05. The van der Waals surface area contributed by atoms with Crippen LogP contribution in [0, 0.1) is 0 Å². The largest absolute Gasteiger partial charge is 0.504 e. The molecule has 0 radical (unpaired) electrons. The molecular weight excluding hydrogens is 330 g/mol. The number of rotatable bonds is 5. The number of aromatic nitrogens is 2. The Morgan fingerprint density at radius 3 is 2.81 bits per heavy atom. The van der Waals surface area contributed by atoms with Gasteiger partial charge in [0.1, 0.15) is 5.82 Å². The molecule has 0 saturated heterocycles. The number of aromatic amines is 1. The van der Waals surface area contributed by atoms with Gasteiger partial charge in [-0.1, -0.05) is 25.1 Å². The average molecular weight is 349 g/mol. The lowest BCUT2D eigenvalue weighted by molar-refractivity contribution is 0.373. The third kappa shape index (κ3) is 3.80. The van der Waals surface area contributed by atoms with Crippen molar-refractivity contribution in [3.63, 3.8) is 0 Å². The zero-order valence-corrected chi connectivity index (χ0v) is 14.6. The molecule has 0 unspecified atom stereocenters. The Hall–Kier alpha value is -3.41. The first kappa shape index (κ1) is 17.4. The average Bonchev–Trinajstić information content (AvgIpc) is 2.67. The summed E-state index contributed by atoms with van der Waals surface area (Å²) in [6, 6.07) is 14.1. The lowest BCUT2D eigenvalue weighted by atomic mass is 10.1. The second-order valence-corrected chi connectivity index (χ2v) is 5.65. The standard InChI is InChI=1S/C20H19N3O3/c1-3-15-11-18(24)23-20(22-15)13-6-4-8-16(10-13)21-12-14-7-5-9-17(26-2)19(14)25/h4-12,25H,3H2,1-2H3,(H,22,23,24). The number of phenols is 1. The molecule has 26 heavy (non-hydrogen) atoms. The van der Waals surface area contributed by atoms with Gasteiger partial charge in [-0.15, -0.1) is 0 Å². The molecule has 2 aromatic carbocycles. The molecule has 6 heteroatoms. The van der Waals surface area contributed by atoms with E-state index < -0.39 is 0 Å². The quantitative estimate of drug-likeness (QED) is 0.691. The molecule has 3 aromatic rings. The first-order chi connectivity index (χ1) is 12.6. The van der Waals surface area contributed by atoms with Crippen molar-refractivity contribution in [2.45, 2.75) is 13.3 Å². The Balaban J connectivity index is 1.93. The lowest BCUT2D eigenvalue weighted by Crippen LogP contribution is -2.09. The molecule has 0 spiro atoms. The van der Waals surface area contributed by atoms with Gasteiger partial charge < -0.3 is 14.8 Å². The molecule has 0 aliphatic carbocycles. The summed E-state index contributed by atoms with van der Waals surface area (Å²) in [7, 11) is 1.50. The highest BCUT2D eigenvalue weighted by Crippen LogP contribution is 2.29. The van der Waals surface area contributed by atoms with Gasteiger partial charge in [-0.25, -0.2) is 4.98 Å². The predicted octanol–water partition coefficient (Wildman–Crippen LogP) is 3.46. The number of H-pyrrole nitrogens is 1. The van der Waals surface area contributed by atoms with Crippen LogP contribution in [0.2, 0.25) is 0 Å². The fourth-order valence-corrected chi connectivity index (χ4v) is 2.51. The van der Waals surface area contributed by atoms with Gasteiger partial charge in [0.05, 0.1) is 12.8 Å². The first-order valence-electron chi connectivity index (χ1n) is 8.21. The van der Waals surface area contributed by atoms with Crippen LogP contribution in [0.15, 0.2) is 58.3 Å². The Morgan fingerprint density at radius 2 is 2.04 bits per heavy atom. The maximum atomic E-state index is 11.8. The molecule has 0 fully saturated rings. The van der Waals surface area contributed by atoms with Crippen LogP contribution >= 0.6 is 0 Å². The summed E-state index contributed by atoms with van der Waals surface area (Å²) in [5.41, 5.74) is 2.55. The highest BCUT2D eigenvalue weighted by molar-refractivity contribution is 5.86. The predicted molar refractivity (Wildman–Crippen MR) is 102 cm³/mol. The van der Waals surface area contributed by atoms with E-state index in [1.54, 1.807) is 24.4 Å². The minimum Gasteiger partial charge on any atom is -0.504 e. The van der Waals surface area contributed by atoms with Crippen LogP contribution in [-0.4, -0.2) is 28.4 Å². The van der Waals surface area contributed by atoms with Crippen LogP contribution in [0.4, 0.5) is 5.69 Å². The van der Waals surface area contributed by atoms with Crippen molar-refractivity contribution < 1.29 is 9.84 Å². The van der Waals surface area contributed by atoms with E-state index in [2.05, 4.69) is 15.0 Å². The number of aliphatic imine (C=N–C) groups is 1. The molecule has 0 atom stereocenters. The number of para-hydroxylation sites is 1. The normalized spacial score (nSPS) is 11.0. The van der Waals surface area contributed by atoms with Crippen molar-refractivity contribution in [3.8, 4) is 22.9 Å². The second-order valence-electron chi connectivity index (χ2n) is 5.65. The van der Waals surface area contributed by atoms with Gasteiger partial charge in [-0.05, 0) is 30.7 Å². The fourth-order valence-electron chi connectivity index (χ4n) is 2.51. The van der Waals surface area contributed by atoms with Crippen molar-refractivity contribution in [2.24, 2.45) is 4.99 Å². The molecule has 3 rings (SSSR count). The van der Waals surface area contributed by atoms with Gasteiger partial charge >= 0.3 is 0 Å². The Bertz CT molecular complexity index is 1010. The monoisotopic (exact) mass is 349 g/mol. The number of nitrogens with zero attached hydrogens (tertiary/aromatic N) is 2. The number of aryl methyl sites for hydroxylation is 1. The van der Waals surface area contributed by atoms with Gasteiger partial charge in [0.15, 0.2) is 11.5 Å². The minimum absolute atomic E-state index is 0.0385. The van der Waals surface area contributed by atoms with Crippen LogP contribution in [0.5, 0.6) is 11.5 Å². The first-order valence-corrected chi connectivity index (χ1v) is 8.21. The summed E-state index contributed by atoms with van der Waals surface area (Å²) in [4.78, 5) is 23.4. The Kier molecular flexibility index (Phi) is 5.12. The van der Waals surface area contributed by atoms with Gasteiger partial charge in [0, 0.05) is 29.1 Å². The maximum Gasteiger partial charge on any atom is 0.251 e. The Labute approximate surface area is 150 Å². The molecule has 0 aliphatic rings. The van der Waals surface area contributed by atoms with E-state index in [9.17, 15) is 9.90 Å². The van der Waals surface area contributed by atoms with Gasteiger partial charge in [0.2, 0.25) is 0 Å². The smallest absolute Gasteiger partial charge is 0.251 e. The summed E-state index contributed by atoms with van der Waals surface area (Å²) < 4.78 is 5.09. The third-order valence-corrected chi connectivity index (χ3v) is 3.88. The molecule has 0 bridgehead atoms. The number of hydrogen-bond acceptors (Lipinski definition) is 5. The van der Waals surface area contributed by atoms with Crippen molar-refractivity contribution in [1.29, 1.82) is 0 Å². The summed E-state index contributed by atoms with van der Waals surface area (Å²) in [5, 5.41) is 10.1. The molecule has 1 aromatic heterocycles. The van der Waals surface area contributed by atoms with Gasteiger partial charge in [0.25, 0.3) is 5.56 Å². The van der Waals surface area contributed by atoms with Crippen molar-refractivity contribution in [1.82, 2.24) is 9.97 Å².